The van der Waals surface area contributed by atoms with Gasteiger partial charge in [0, 0.05) is 31.1 Å². The molecule has 0 saturated carbocycles. The lowest BCUT2D eigenvalue weighted by atomic mass is 9.99. The Morgan fingerprint density at radius 3 is 2.48 bits per heavy atom. The van der Waals surface area contributed by atoms with Gasteiger partial charge in [0.25, 0.3) is 0 Å². The molecule has 150 valence electrons. The number of rotatable bonds is 13. The molecular formula is C22H32O5. The minimum Gasteiger partial charge on any atom is -0.493 e. The number of ether oxygens (including phenoxy) is 2. The summed E-state index contributed by atoms with van der Waals surface area (Å²) < 4.78 is 11.1. The summed E-state index contributed by atoms with van der Waals surface area (Å²) in [7, 11) is 0. The fourth-order valence-electron chi connectivity index (χ4n) is 2.53. The van der Waals surface area contributed by atoms with E-state index in [1.165, 1.54) is 0 Å². The molecule has 0 radical (unpaired) electrons. The van der Waals surface area contributed by atoms with Crippen molar-refractivity contribution < 1.29 is 24.5 Å². The third-order valence-corrected chi connectivity index (χ3v) is 4.27. The smallest absolute Gasteiger partial charge is 0.333 e. The Labute approximate surface area is 162 Å². The molecule has 0 amide bonds. The Kier molecular flexibility index (Phi) is 10.5. The van der Waals surface area contributed by atoms with Crippen molar-refractivity contribution in [3.05, 3.63) is 48.1 Å². The summed E-state index contributed by atoms with van der Waals surface area (Å²) in [5.74, 6) is 0.121. The van der Waals surface area contributed by atoms with E-state index in [9.17, 15) is 4.79 Å². The van der Waals surface area contributed by atoms with Crippen molar-refractivity contribution in [2.24, 2.45) is 5.92 Å². The van der Waals surface area contributed by atoms with E-state index in [1.807, 2.05) is 18.2 Å². The fraction of sp³-hybridized carbons (Fsp3) is 0.500. The van der Waals surface area contributed by atoms with Crippen LogP contribution in [0.2, 0.25) is 0 Å². The van der Waals surface area contributed by atoms with Crippen LogP contribution in [0.25, 0.3) is 5.57 Å². The molecule has 0 aliphatic heterocycles. The van der Waals surface area contributed by atoms with Gasteiger partial charge in [0.15, 0.2) is 0 Å². The summed E-state index contributed by atoms with van der Waals surface area (Å²) in [6, 6.07) is 5.91. The van der Waals surface area contributed by atoms with E-state index in [0.29, 0.717) is 30.8 Å². The molecule has 0 atom stereocenters. The van der Waals surface area contributed by atoms with Crippen molar-refractivity contribution >= 4 is 11.5 Å². The molecule has 1 aromatic carbocycles. The second-order valence-corrected chi connectivity index (χ2v) is 6.71. The lowest BCUT2D eigenvalue weighted by molar-refractivity contribution is -0.138. The summed E-state index contributed by atoms with van der Waals surface area (Å²) in [4.78, 5) is 11.6. The zero-order chi connectivity index (χ0) is 20.2. The van der Waals surface area contributed by atoms with E-state index < -0.39 is 5.97 Å². The van der Waals surface area contributed by atoms with Crippen LogP contribution in [0.1, 0.15) is 44.2 Å². The molecule has 0 aromatic heterocycles. The highest BCUT2D eigenvalue weighted by Gasteiger charge is 2.11. The van der Waals surface area contributed by atoms with Gasteiger partial charge in [0.2, 0.25) is 0 Å². The summed E-state index contributed by atoms with van der Waals surface area (Å²) >= 11 is 0. The van der Waals surface area contributed by atoms with Crippen molar-refractivity contribution in [2.75, 3.05) is 26.4 Å². The maximum absolute atomic E-state index is 11.6. The van der Waals surface area contributed by atoms with E-state index in [-0.39, 0.29) is 25.7 Å². The van der Waals surface area contributed by atoms with Crippen LogP contribution in [0.15, 0.2) is 36.9 Å². The highest BCUT2D eigenvalue weighted by molar-refractivity contribution is 5.86. The third-order valence-electron chi connectivity index (χ3n) is 4.27. The van der Waals surface area contributed by atoms with E-state index in [1.54, 1.807) is 6.92 Å². The standard InChI is InChI=1S/C22H32O5/c1-5-6-17(4)19-7-8-21(26-11-9-18(14-23)15-24)20(13-19)10-12-27-22(25)16(2)3/h7-8,13,18,23-24H,2,4-6,9-12,14-15H2,1,3H3. The van der Waals surface area contributed by atoms with Gasteiger partial charge in [-0.15, -0.1) is 0 Å². The van der Waals surface area contributed by atoms with Crippen molar-refractivity contribution in [3.63, 3.8) is 0 Å². The van der Waals surface area contributed by atoms with E-state index >= 15 is 0 Å². The minimum absolute atomic E-state index is 0.0701. The van der Waals surface area contributed by atoms with Crippen LogP contribution in [-0.4, -0.2) is 42.6 Å². The molecule has 0 fully saturated rings. The lowest BCUT2D eigenvalue weighted by Gasteiger charge is -2.16. The van der Waals surface area contributed by atoms with Gasteiger partial charge in [-0.2, -0.15) is 0 Å². The van der Waals surface area contributed by atoms with Gasteiger partial charge < -0.3 is 19.7 Å². The number of aliphatic hydroxyl groups excluding tert-OH is 2. The third kappa shape index (κ3) is 7.97. The van der Waals surface area contributed by atoms with Gasteiger partial charge in [0.05, 0.1) is 13.2 Å². The van der Waals surface area contributed by atoms with Crippen LogP contribution in [0.3, 0.4) is 0 Å². The summed E-state index contributed by atoms with van der Waals surface area (Å²) in [6.07, 6.45) is 3.01. The van der Waals surface area contributed by atoms with Crippen LogP contribution < -0.4 is 4.74 Å². The Balaban J connectivity index is 2.84. The molecule has 0 aliphatic rings. The quantitative estimate of drug-likeness (QED) is 0.407. The first kappa shape index (κ1) is 22.9. The summed E-state index contributed by atoms with van der Waals surface area (Å²) in [5, 5.41) is 18.3. The van der Waals surface area contributed by atoms with Gasteiger partial charge in [-0.1, -0.05) is 32.6 Å². The van der Waals surface area contributed by atoms with Gasteiger partial charge in [-0.25, -0.2) is 4.79 Å². The molecule has 1 aromatic rings. The number of aliphatic hydroxyl groups is 2. The van der Waals surface area contributed by atoms with Crippen molar-refractivity contribution in [3.8, 4) is 5.75 Å². The first-order valence-electron chi connectivity index (χ1n) is 9.41. The molecule has 0 spiro atoms. The predicted molar refractivity (Wildman–Crippen MR) is 108 cm³/mol. The van der Waals surface area contributed by atoms with Crippen LogP contribution in [0, 0.1) is 5.92 Å². The maximum atomic E-state index is 11.6. The van der Waals surface area contributed by atoms with Crippen LogP contribution in [0.4, 0.5) is 0 Å². The number of carbonyl (C=O) groups excluding carboxylic acids is 1. The summed E-state index contributed by atoms with van der Waals surface area (Å²) in [6.45, 7) is 11.9. The van der Waals surface area contributed by atoms with E-state index in [2.05, 4.69) is 20.1 Å². The molecule has 1 rings (SSSR count). The lowest BCUT2D eigenvalue weighted by Crippen LogP contribution is -2.15. The molecule has 5 heteroatoms. The van der Waals surface area contributed by atoms with E-state index in [4.69, 9.17) is 19.7 Å². The first-order chi connectivity index (χ1) is 12.9. The number of allylic oxidation sites excluding steroid dienone is 1. The van der Waals surface area contributed by atoms with Crippen LogP contribution in [0.5, 0.6) is 5.75 Å². The SMILES string of the molecule is C=C(C)C(=O)OCCc1cc(C(=C)CCC)ccc1OCCC(CO)CO. The van der Waals surface area contributed by atoms with Gasteiger partial charge in [-0.3, -0.25) is 0 Å². The van der Waals surface area contributed by atoms with Gasteiger partial charge in [0.1, 0.15) is 5.75 Å². The van der Waals surface area contributed by atoms with Crippen molar-refractivity contribution in [1.82, 2.24) is 0 Å². The molecule has 0 aliphatic carbocycles. The first-order valence-corrected chi connectivity index (χ1v) is 9.41. The Morgan fingerprint density at radius 2 is 1.89 bits per heavy atom. The van der Waals surface area contributed by atoms with Crippen molar-refractivity contribution in [2.45, 2.75) is 39.5 Å². The monoisotopic (exact) mass is 376 g/mol. The van der Waals surface area contributed by atoms with Crippen molar-refractivity contribution in [1.29, 1.82) is 0 Å². The molecule has 5 nitrogen and oxygen atoms in total. The molecule has 2 N–H and O–H groups in total. The maximum Gasteiger partial charge on any atom is 0.333 e. The average molecular weight is 376 g/mol. The predicted octanol–water partition coefficient (Wildman–Crippen LogP) is 3.53. The molecule has 0 saturated heterocycles. The highest BCUT2D eigenvalue weighted by Crippen LogP contribution is 2.26. The molecular weight excluding hydrogens is 344 g/mol. The molecule has 0 unspecified atom stereocenters. The number of hydrogen-bond acceptors (Lipinski definition) is 5. The molecule has 0 bridgehead atoms. The second kappa shape index (κ2) is 12.3. The van der Waals surface area contributed by atoms with Crippen LogP contribution in [-0.2, 0) is 16.0 Å². The zero-order valence-corrected chi connectivity index (χ0v) is 16.5. The average Bonchev–Trinajstić information content (AvgIpc) is 2.66. The topological polar surface area (TPSA) is 76.0 Å². The number of esters is 1. The van der Waals surface area contributed by atoms with Gasteiger partial charge in [-0.05, 0) is 48.6 Å². The number of hydrogen-bond donors (Lipinski definition) is 2. The largest absolute Gasteiger partial charge is 0.493 e. The zero-order valence-electron chi connectivity index (χ0n) is 16.5. The van der Waals surface area contributed by atoms with E-state index in [0.717, 1.165) is 29.5 Å². The van der Waals surface area contributed by atoms with Crippen LogP contribution >= 0.6 is 0 Å². The highest BCUT2D eigenvalue weighted by atomic mass is 16.5. The summed E-state index contributed by atoms with van der Waals surface area (Å²) in [5.41, 5.74) is 3.42. The normalized spacial score (nSPS) is 10.7. The molecule has 0 heterocycles. The molecule has 27 heavy (non-hydrogen) atoms. The van der Waals surface area contributed by atoms with Gasteiger partial charge >= 0.3 is 5.97 Å². The Hall–Kier alpha value is -2.11. The fourth-order valence-corrected chi connectivity index (χ4v) is 2.53. The Morgan fingerprint density at radius 1 is 1.19 bits per heavy atom. The minimum atomic E-state index is -0.405. The number of benzene rings is 1. The Bertz CT molecular complexity index is 632. The second-order valence-electron chi connectivity index (χ2n) is 6.71. The number of carbonyl (C=O) groups is 1.